The summed E-state index contributed by atoms with van der Waals surface area (Å²) in [4.78, 5) is 0. The fraction of sp³-hybridized carbons (Fsp3) is 0.600. The second-order valence-electron chi connectivity index (χ2n) is 5.38. The quantitative estimate of drug-likeness (QED) is 0.838. The Balaban J connectivity index is 1.85. The van der Waals surface area contributed by atoms with Crippen LogP contribution >= 0.6 is 0 Å². The molecule has 2 N–H and O–H groups in total. The summed E-state index contributed by atoms with van der Waals surface area (Å²) < 4.78 is 40.0. The highest BCUT2D eigenvalue weighted by molar-refractivity contribution is 5.27. The Kier molecular flexibility index (Phi) is 5.47. The number of hydrogen-bond donors (Lipinski definition) is 2. The molecule has 0 bridgehead atoms. The minimum atomic E-state index is -4.66. The highest BCUT2D eigenvalue weighted by Gasteiger charge is 2.31. The number of alkyl halides is 3. The van der Waals surface area contributed by atoms with Gasteiger partial charge in [0, 0.05) is 12.6 Å². The molecule has 0 aliphatic heterocycles. The van der Waals surface area contributed by atoms with Gasteiger partial charge in [0.1, 0.15) is 5.75 Å². The average molecular weight is 303 g/mol. The molecule has 0 radical (unpaired) electrons. The van der Waals surface area contributed by atoms with E-state index in [9.17, 15) is 18.3 Å². The average Bonchev–Trinajstić information content (AvgIpc) is 2.61. The summed E-state index contributed by atoms with van der Waals surface area (Å²) in [5, 5.41) is 13.3. The summed E-state index contributed by atoms with van der Waals surface area (Å²) >= 11 is 0. The van der Waals surface area contributed by atoms with E-state index < -0.39 is 6.36 Å². The lowest BCUT2D eigenvalue weighted by molar-refractivity contribution is -0.274. The molecule has 1 fully saturated rings. The predicted octanol–water partition coefficient (Wildman–Crippen LogP) is 3.37. The van der Waals surface area contributed by atoms with Crippen molar-refractivity contribution in [2.75, 3.05) is 0 Å². The van der Waals surface area contributed by atoms with Gasteiger partial charge in [-0.15, -0.1) is 13.2 Å². The maximum atomic E-state index is 12.1. The van der Waals surface area contributed by atoms with E-state index >= 15 is 0 Å². The normalized spacial score (nSPS) is 23.6. The van der Waals surface area contributed by atoms with Crippen LogP contribution in [0.25, 0.3) is 0 Å². The van der Waals surface area contributed by atoms with Crippen LogP contribution in [0.2, 0.25) is 0 Å². The summed E-state index contributed by atoms with van der Waals surface area (Å²) in [6, 6.07) is 5.84. The third-order valence-corrected chi connectivity index (χ3v) is 3.70. The van der Waals surface area contributed by atoms with Gasteiger partial charge in [0.25, 0.3) is 0 Å². The van der Waals surface area contributed by atoms with E-state index in [0.717, 1.165) is 37.7 Å². The molecule has 0 amide bonds. The van der Waals surface area contributed by atoms with Crippen LogP contribution in [0.4, 0.5) is 13.2 Å². The van der Waals surface area contributed by atoms with Crippen molar-refractivity contribution >= 4 is 0 Å². The molecule has 2 unspecified atom stereocenters. The van der Waals surface area contributed by atoms with Gasteiger partial charge in [-0.25, -0.2) is 0 Å². The first-order valence-corrected chi connectivity index (χ1v) is 7.20. The van der Waals surface area contributed by atoms with E-state index in [1.165, 1.54) is 12.1 Å². The second-order valence-corrected chi connectivity index (χ2v) is 5.38. The lowest BCUT2D eigenvalue weighted by Crippen LogP contribution is -2.38. The molecule has 0 aromatic heterocycles. The molecular weight excluding hydrogens is 283 g/mol. The number of aliphatic hydroxyl groups is 1. The molecule has 1 saturated carbocycles. The van der Waals surface area contributed by atoms with Gasteiger partial charge in [-0.1, -0.05) is 31.4 Å². The van der Waals surface area contributed by atoms with Gasteiger partial charge in [0.05, 0.1) is 6.10 Å². The Hall–Kier alpha value is -1.27. The van der Waals surface area contributed by atoms with Crippen LogP contribution in [0.15, 0.2) is 24.3 Å². The van der Waals surface area contributed by atoms with Gasteiger partial charge >= 0.3 is 6.36 Å². The van der Waals surface area contributed by atoms with Crippen LogP contribution in [0, 0.1) is 0 Å². The standard InChI is InChI=1S/C15H20F3NO2/c16-15(17,18)21-12-8-6-11(7-9-12)10-19-13-4-2-1-3-5-14(13)20/h6-9,13-14,19-20H,1-5,10H2. The topological polar surface area (TPSA) is 41.5 Å². The van der Waals surface area contributed by atoms with Crippen LogP contribution < -0.4 is 10.1 Å². The van der Waals surface area contributed by atoms with Crippen LogP contribution in [0.3, 0.4) is 0 Å². The first kappa shape index (κ1) is 16.1. The fourth-order valence-corrected chi connectivity index (χ4v) is 2.58. The molecule has 1 aromatic carbocycles. The summed E-state index contributed by atoms with van der Waals surface area (Å²) in [5.74, 6) is -0.222. The van der Waals surface area contributed by atoms with Crippen molar-refractivity contribution in [3.8, 4) is 5.75 Å². The van der Waals surface area contributed by atoms with Gasteiger partial charge in [0.2, 0.25) is 0 Å². The summed E-state index contributed by atoms with van der Waals surface area (Å²) in [6.07, 6.45) is -0.00830. The number of halogens is 3. The number of ether oxygens (including phenoxy) is 1. The zero-order chi connectivity index (χ0) is 15.3. The molecule has 118 valence electrons. The first-order valence-electron chi connectivity index (χ1n) is 7.20. The number of nitrogens with one attached hydrogen (secondary N) is 1. The Labute approximate surface area is 122 Å². The molecule has 0 saturated heterocycles. The summed E-state index contributed by atoms with van der Waals surface area (Å²) in [5.41, 5.74) is 0.862. The van der Waals surface area contributed by atoms with E-state index in [-0.39, 0.29) is 17.9 Å². The molecule has 0 spiro atoms. The van der Waals surface area contributed by atoms with E-state index in [4.69, 9.17) is 0 Å². The molecule has 1 aromatic rings. The van der Waals surface area contributed by atoms with E-state index in [1.54, 1.807) is 12.1 Å². The van der Waals surface area contributed by atoms with Crippen molar-refractivity contribution in [1.29, 1.82) is 0 Å². The number of aliphatic hydroxyl groups excluding tert-OH is 1. The molecular formula is C15H20F3NO2. The molecule has 0 heterocycles. The van der Waals surface area contributed by atoms with Crippen LogP contribution in [0.1, 0.15) is 37.7 Å². The van der Waals surface area contributed by atoms with E-state index in [0.29, 0.717) is 6.54 Å². The Bertz CT molecular complexity index is 434. The van der Waals surface area contributed by atoms with Crippen molar-refractivity contribution < 1.29 is 23.0 Å². The van der Waals surface area contributed by atoms with Crippen LogP contribution in [-0.4, -0.2) is 23.6 Å². The second kappa shape index (κ2) is 7.13. The molecule has 1 aliphatic carbocycles. The van der Waals surface area contributed by atoms with Crippen molar-refractivity contribution in [1.82, 2.24) is 5.32 Å². The highest BCUT2D eigenvalue weighted by Crippen LogP contribution is 2.23. The Morgan fingerprint density at radius 1 is 1.10 bits per heavy atom. The molecule has 2 atom stereocenters. The van der Waals surface area contributed by atoms with Gasteiger partial charge in [0.15, 0.2) is 0 Å². The molecule has 6 heteroatoms. The van der Waals surface area contributed by atoms with Crippen molar-refractivity contribution in [3.63, 3.8) is 0 Å². The highest BCUT2D eigenvalue weighted by atomic mass is 19.4. The lowest BCUT2D eigenvalue weighted by atomic mass is 10.1. The summed E-state index contributed by atoms with van der Waals surface area (Å²) in [6.45, 7) is 0.522. The monoisotopic (exact) mass is 303 g/mol. The Morgan fingerprint density at radius 2 is 1.76 bits per heavy atom. The van der Waals surface area contributed by atoms with Gasteiger partial charge in [-0.2, -0.15) is 0 Å². The SMILES string of the molecule is OC1CCCCCC1NCc1ccc(OC(F)(F)F)cc1. The van der Waals surface area contributed by atoms with Crippen molar-refractivity contribution in [3.05, 3.63) is 29.8 Å². The van der Waals surface area contributed by atoms with Crippen LogP contribution in [-0.2, 0) is 6.54 Å². The molecule has 21 heavy (non-hydrogen) atoms. The lowest BCUT2D eigenvalue weighted by Gasteiger charge is -2.22. The van der Waals surface area contributed by atoms with E-state index in [2.05, 4.69) is 10.1 Å². The molecule has 3 nitrogen and oxygen atoms in total. The molecule has 1 aliphatic rings. The van der Waals surface area contributed by atoms with Crippen molar-refractivity contribution in [2.24, 2.45) is 0 Å². The first-order chi connectivity index (χ1) is 9.94. The predicted molar refractivity (Wildman–Crippen MR) is 72.8 cm³/mol. The van der Waals surface area contributed by atoms with Crippen molar-refractivity contribution in [2.45, 2.75) is 57.2 Å². The van der Waals surface area contributed by atoms with Gasteiger partial charge < -0.3 is 15.2 Å². The third kappa shape index (κ3) is 5.55. The number of benzene rings is 1. The number of rotatable bonds is 4. The Morgan fingerprint density at radius 3 is 2.43 bits per heavy atom. The fourth-order valence-electron chi connectivity index (χ4n) is 2.58. The zero-order valence-electron chi connectivity index (χ0n) is 11.7. The zero-order valence-corrected chi connectivity index (χ0v) is 11.7. The minimum Gasteiger partial charge on any atom is -0.406 e. The third-order valence-electron chi connectivity index (χ3n) is 3.70. The number of hydrogen-bond acceptors (Lipinski definition) is 3. The largest absolute Gasteiger partial charge is 0.573 e. The smallest absolute Gasteiger partial charge is 0.406 e. The summed E-state index contributed by atoms with van der Waals surface area (Å²) in [7, 11) is 0. The molecule has 2 rings (SSSR count). The van der Waals surface area contributed by atoms with Gasteiger partial charge in [-0.3, -0.25) is 0 Å². The van der Waals surface area contributed by atoms with Crippen LogP contribution in [0.5, 0.6) is 5.75 Å². The maximum Gasteiger partial charge on any atom is 0.573 e. The van der Waals surface area contributed by atoms with Gasteiger partial charge in [-0.05, 0) is 30.5 Å². The van der Waals surface area contributed by atoms with E-state index in [1.807, 2.05) is 0 Å². The minimum absolute atomic E-state index is 0.0543. The maximum absolute atomic E-state index is 12.1.